The van der Waals surface area contributed by atoms with Gasteiger partial charge in [0.2, 0.25) is 11.8 Å². The van der Waals surface area contributed by atoms with Crippen molar-refractivity contribution in [3.8, 4) is 5.75 Å². The zero-order valence-electron chi connectivity index (χ0n) is 11.7. The quantitative estimate of drug-likeness (QED) is 0.641. The predicted molar refractivity (Wildman–Crippen MR) is 78.7 cm³/mol. The van der Waals surface area contributed by atoms with E-state index in [2.05, 4.69) is 15.3 Å². The van der Waals surface area contributed by atoms with E-state index in [-0.39, 0.29) is 23.1 Å². The molecule has 0 amide bonds. The molecule has 0 fully saturated rings. The molecule has 8 heteroatoms. The third kappa shape index (κ3) is 3.35. The van der Waals surface area contributed by atoms with Crippen LogP contribution in [0.5, 0.6) is 5.75 Å². The molecule has 3 N–H and O–H groups in total. The monoisotopic (exact) mass is 289 g/mol. The van der Waals surface area contributed by atoms with E-state index in [1.54, 1.807) is 24.3 Å². The highest BCUT2D eigenvalue weighted by molar-refractivity contribution is 5.68. The Balaban J connectivity index is 2.32. The average molecular weight is 289 g/mol. The molecular formula is C13H15N5O3. The second-order valence-electron chi connectivity index (χ2n) is 4.20. The lowest BCUT2D eigenvalue weighted by molar-refractivity contribution is -0.385. The molecule has 0 spiro atoms. The molecule has 8 nitrogen and oxygen atoms in total. The van der Waals surface area contributed by atoms with Gasteiger partial charge in [-0.3, -0.25) is 10.1 Å². The summed E-state index contributed by atoms with van der Waals surface area (Å²) < 4.78 is 5.33. The number of aryl methyl sites for hydroxylation is 1. The maximum Gasteiger partial charge on any atom is 0.332 e. The van der Waals surface area contributed by atoms with E-state index in [1.165, 1.54) is 6.92 Å². The Morgan fingerprint density at radius 3 is 2.57 bits per heavy atom. The molecule has 0 aliphatic carbocycles. The fourth-order valence-corrected chi connectivity index (χ4v) is 1.83. The molecule has 0 atom stereocenters. The normalized spacial score (nSPS) is 10.2. The van der Waals surface area contributed by atoms with Gasteiger partial charge in [0, 0.05) is 5.69 Å². The number of nitrogens with zero attached hydrogens (tertiary/aromatic N) is 3. The molecular weight excluding hydrogens is 274 g/mol. The number of aromatic nitrogens is 2. The van der Waals surface area contributed by atoms with Crippen molar-refractivity contribution in [1.82, 2.24) is 9.97 Å². The van der Waals surface area contributed by atoms with Crippen LogP contribution in [0.25, 0.3) is 0 Å². The van der Waals surface area contributed by atoms with E-state index in [1.807, 2.05) is 6.92 Å². The zero-order chi connectivity index (χ0) is 15.4. The van der Waals surface area contributed by atoms with Crippen molar-refractivity contribution in [2.45, 2.75) is 13.8 Å². The third-order valence-electron chi connectivity index (χ3n) is 2.69. The van der Waals surface area contributed by atoms with Crippen LogP contribution in [0, 0.1) is 17.0 Å². The number of anilines is 3. The molecule has 1 aromatic carbocycles. The van der Waals surface area contributed by atoms with Crippen LogP contribution in [-0.2, 0) is 0 Å². The Kier molecular flexibility index (Phi) is 4.17. The van der Waals surface area contributed by atoms with Crippen LogP contribution in [-0.4, -0.2) is 21.5 Å². The van der Waals surface area contributed by atoms with Crippen molar-refractivity contribution in [2.24, 2.45) is 0 Å². The van der Waals surface area contributed by atoms with Gasteiger partial charge in [-0.25, -0.2) is 4.98 Å². The van der Waals surface area contributed by atoms with E-state index in [0.29, 0.717) is 12.3 Å². The maximum absolute atomic E-state index is 11.1. The summed E-state index contributed by atoms with van der Waals surface area (Å²) in [6, 6.07) is 6.99. The molecule has 0 radical (unpaired) electrons. The zero-order valence-corrected chi connectivity index (χ0v) is 11.7. The van der Waals surface area contributed by atoms with Crippen molar-refractivity contribution < 1.29 is 9.66 Å². The van der Waals surface area contributed by atoms with Crippen LogP contribution in [0.4, 0.5) is 23.1 Å². The molecule has 0 unspecified atom stereocenters. The third-order valence-corrected chi connectivity index (χ3v) is 2.69. The van der Waals surface area contributed by atoms with Gasteiger partial charge in [-0.2, -0.15) is 4.98 Å². The first-order valence-corrected chi connectivity index (χ1v) is 6.29. The molecule has 110 valence electrons. The minimum Gasteiger partial charge on any atom is -0.494 e. The summed E-state index contributed by atoms with van der Waals surface area (Å²) >= 11 is 0. The fraction of sp³-hybridized carbons (Fsp3) is 0.231. The van der Waals surface area contributed by atoms with Crippen molar-refractivity contribution in [3.63, 3.8) is 0 Å². The fourth-order valence-electron chi connectivity index (χ4n) is 1.83. The Labute approximate surface area is 121 Å². The van der Waals surface area contributed by atoms with Gasteiger partial charge < -0.3 is 15.8 Å². The lowest BCUT2D eigenvalue weighted by atomic mass is 10.3. The van der Waals surface area contributed by atoms with E-state index < -0.39 is 4.92 Å². The van der Waals surface area contributed by atoms with E-state index in [9.17, 15) is 10.1 Å². The molecule has 0 saturated carbocycles. The number of nitrogens with one attached hydrogen (secondary N) is 1. The largest absolute Gasteiger partial charge is 0.494 e. The standard InChI is InChI=1S/C13H15N5O3/c1-3-21-10-6-4-9(5-7-10)16-12-11(18(19)20)8(2)15-13(14)17-12/h4-7H,3H2,1-2H3,(H3,14,15,16,17). The molecule has 1 heterocycles. The number of nitrogens with two attached hydrogens (primary N) is 1. The van der Waals surface area contributed by atoms with Crippen LogP contribution < -0.4 is 15.8 Å². The molecule has 0 aliphatic heterocycles. The lowest BCUT2D eigenvalue weighted by Crippen LogP contribution is -2.07. The topological polar surface area (TPSA) is 116 Å². The Hall–Kier alpha value is -2.90. The second kappa shape index (κ2) is 6.04. The highest BCUT2D eigenvalue weighted by Crippen LogP contribution is 2.29. The number of nitro groups is 1. The summed E-state index contributed by atoms with van der Waals surface area (Å²) in [5.41, 5.74) is 6.19. The molecule has 2 aromatic rings. The Bertz CT molecular complexity index is 658. The number of nitrogen functional groups attached to an aromatic ring is 1. The van der Waals surface area contributed by atoms with Gasteiger partial charge in [-0.15, -0.1) is 0 Å². The summed E-state index contributed by atoms with van der Waals surface area (Å²) in [5.74, 6) is 0.761. The van der Waals surface area contributed by atoms with Gasteiger partial charge in [-0.1, -0.05) is 0 Å². The SMILES string of the molecule is CCOc1ccc(Nc2nc(N)nc(C)c2[N+](=O)[O-])cc1. The van der Waals surface area contributed by atoms with Gasteiger partial charge in [0.25, 0.3) is 0 Å². The highest BCUT2D eigenvalue weighted by atomic mass is 16.6. The number of hydrogen-bond acceptors (Lipinski definition) is 7. The van der Waals surface area contributed by atoms with Crippen LogP contribution in [0.2, 0.25) is 0 Å². The summed E-state index contributed by atoms with van der Waals surface area (Å²) in [5, 5.41) is 14.0. The van der Waals surface area contributed by atoms with Crippen molar-refractivity contribution in [1.29, 1.82) is 0 Å². The molecule has 0 saturated heterocycles. The minimum absolute atomic E-state index is 0.0217. The average Bonchev–Trinajstić information content (AvgIpc) is 2.40. The van der Waals surface area contributed by atoms with Crippen molar-refractivity contribution in [2.75, 3.05) is 17.7 Å². The van der Waals surface area contributed by atoms with Gasteiger partial charge in [-0.05, 0) is 38.1 Å². The Morgan fingerprint density at radius 2 is 2.00 bits per heavy atom. The second-order valence-corrected chi connectivity index (χ2v) is 4.20. The van der Waals surface area contributed by atoms with Gasteiger partial charge in [0.15, 0.2) is 0 Å². The number of rotatable bonds is 5. The van der Waals surface area contributed by atoms with Gasteiger partial charge in [0.05, 0.1) is 11.5 Å². The molecule has 1 aromatic heterocycles. The summed E-state index contributed by atoms with van der Waals surface area (Å²) in [4.78, 5) is 18.3. The highest BCUT2D eigenvalue weighted by Gasteiger charge is 2.21. The smallest absolute Gasteiger partial charge is 0.332 e. The van der Waals surface area contributed by atoms with Crippen LogP contribution >= 0.6 is 0 Å². The number of benzene rings is 1. The first-order valence-electron chi connectivity index (χ1n) is 6.29. The molecule has 2 rings (SSSR count). The van der Waals surface area contributed by atoms with Crippen LogP contribution in [0.15, 0.2) is 24.3 Å². The first-order chi connectivity index (χ1) is 10.0. The maximum atomic E-state index is 11.1. The van der Waals surface area contributed by atoms with Crippen LogP contribution in [0.1, 0.15) is 12.6 Å². The van der Waals surface area contributed by atoms with Crippen LogP contribution in [0.3, 0.4) is 0 Å². The lowest BCUT2D eigenvalue weighted by Gasteiger charge is -2.09. The number of hydrogen-bond donors (Lipinski definition) is 2. The van der Waals surface area contributed by atoms with Gasteiger partial charge >= 0.3 is 5.69 Å². The summed E-state index contributed by atoms with van der Waals surface area (Å²) in [6.45, 7) is 3.97. The summed E-state index contributed by atoms with van der Waals surface area (Å²) in [7, 11) is 0. The number of ether oxygens (including phenoxy) is 1. The van der Waals surface area contributed by atoms with Crippen molar-refractivity contribution in [3.05, 3.63) is 40.1 Å². The molecule has 21 heavy (non-hydrogen) atoms. The van der Waals surface area contributed by atoms with E-state index >= 15 is 0 Å². The molecule has 0 bridgehead atoms. The summed E-state index contributed by atoms with van der Waals surface area (Å²) in [6.07, 6.45) is 0. The van der Waals surface area contributed by atoms with E-state index in [0.717, 1.165) is 5.75 Å². The molecule has 0 aliphatic rings. The van der Waals surface area contributed by atoms with E-state index in [4.69, 9.17) is 10.5 Å². The Morgan fingerprint density at radius 1 is 1.33 bits per heavy atom. The first kappa shape index (κ1) is 14.5. The van der Waals surface area contributed by atoms with Crippen molar-refractivity contribution >= 4 is 23.1 Å². The predicted octanol–water partition coefficient (Wildman–Crippen LogP) is 2.42. The minimum atomic E-state index is -0.536. The van der Waals surface area contributed by atoms with Gasteiger partial charge in [0.1, 0.15) is 11.4 Å².